The SMILES string of the molecule is Cc1ccc(NC(=O)c2cccc(O)c2C)c(C(=O)O)c1. The fourth-order valence-electron chi connectivity index (χ4n) is 2.00. The first-order chi connectivity index (χ1) is 9.90. The number of hydrogen-bond acceptors (Lipinski definition) is 3. The van der Waals surface area contributed by atoms with E-state index in [0.29, 0.717) is 11.1 Å². The van der Waals surface area contributed by atoms with Crippen LogP contribution in [0.3, 0.4) is 0 Å². The van der Waals surface area contributed by atoms with Gasteiger partial charge in [-0.25, -0.2) is 4.79 Å². The molecule has 2 aromatic rings. The van der Waals surface area contributed by atoms with Crippen LogP contribution >= 0.6 is 0 Å². The molecule has 0 heterocycles. The van der Waals surface area contributed by atoms with Crippen molar-refractivity contribution in [1.82, 2.24) is 0 Å². The number of carbonyl (C=O) groups is 2. The zero-order valence-electron chi connectivity index (χ0n) is 11.7. The van der Waals surface area contributed by atoms with Crippen LogP contribution in [-0.2, 0) is 0 Å². The highest BCUT2D eigenvalue weighted by Gasteiger charge is 2.16. The normalized spacial score (nSPS) is 10.2. The average molecular weight is 285 g/mol. The van der Waals surface area contributed by atoms with Crippen molar-refractivity contribution >= 4 is 17.6 Å². The quantitative estimate of drug-likeness (QED) is 0.809. The highest BCUT2D eigenvalue weighted by Crippen LogP contribution is 2.22. The maximum atomic E-state index is 12.2. The number of carboxylic acid groups (broad SMARTS) is 1. The van der Waals surface area contributed by atoms with Crippen molar-refractivity contribution in [2.24, 2.45) is 0 Å². The van der Waals surface area contributed by atoms with E-state index in [4.69, 9.17) is 0 Å². The van der Waals surface area contributed by atoms with E-state index in [1.54, 1.807) is 38.1 Å². The highest BCUT2D eigenvalue weighted by atomic mass is 16.4. The summed E-state index contributed by atoms with van der Waals surface area (Å²) in [5, 5.41) is 21.4. The fourth-order valence-corrected chi connectivity index (χ4v) is 2.00. The molecule has 5 heteroatoms. The van der Waals surface area contributed by atoms with Crippen LogP contribution in [-0.4, -0.2) is 22.1 Å². The van der Waals surface area contributed by atoms with Gasteiger partial charge in [0, 0.05) is 11.1 Å². The van der Waals surface area contributed by atoms with E-state index >= 15 is 0 Å². The average Bonchev–Trinajstić information content (AvgIpc) is 2.43. The molecule has 21 heavy (non-hydrogen) atoms. The number of carboxylic acids is 1. The summed E-state index contributed by atoms with van der Waals surface area (Å²) >= 11 is 0. The maximum absolute atomic E-state index is 12.2. The van der Waals surface area contributed by atoms with Gasteiger partial charge in [-0.3, -0.25) is 4.79 Å². The number of anilines is 1. The van der Waals surface area contributed by atoms with E-state index in [1.807, 2.05) is 0 Å². The maximum Gasteiger partial charge on any atom is 0.337 e. The van der Waals surface area contributed by atoms with Gasteiger partial charge in [-0.15, -0.1) is 0 Å². The lowest BCUT2D eigenvalue weighted by atomic mass is 10.1. The second kappa shape index (κ2) is 5.66. The van der Waals surface area contributed by atoms with Gasteiger partial charge in [0.25, 0.3) is 5.91 Å². The molecule has 0 fully saturated rings. The Bertz CT molecular complexity index is 722. The molecule has 108 valence electrons. The van der Waals surface area contributed by atoms with Crippen molar-refractivity contribution in [1.29, 1.82) is 0 Å². The Balaban J connectivity index is 2.36. The summed E-state index contributed by atoms with van der Waals surface area (Å²) in [5.41, 5.74) is 1.78. The first-order valence-electron chi connectivity index (χ1n) is 6.34. The Hall–Kier alpha value is -2.82. The number of aromatic carboxylic acids is 1. The van der Waals surface area contributed by atoms with E-state index in [-0.39, 0.29) is 17.0 Å². The largest absolute Gasteiger partial charge is 0.508 e. The molecule has 0 saturated heterocycles. The van der Waals surface area contributed by atoms with Gasteiger partial charge in [-0.05, 0) is 38.1 Å². The molecular formula is C16H15NO4. The Labute approximate surface area is 121 Å². The van der Waals surface area contributed by atoms with E-state index < -0.39 is 11.9 Å². The summed E-state index contributed by atoms with van der Waals surface area (Å²) in [4.78, 5) is 23.5. The van der Waals surface area contributed by atoms with Crippen LogP contribution in [0, 0.1) is 13.8 Å². The zero-order valence-corrected chi connectivity index (χ0v) is 11.7. The number of aromatic hydroxyl groups is 1. The Morgan fingerprint density at radius 2 is 1.76 bits per heavy atom. The number of amides is 1. The van der Waals surface area contributed by atoms with Crippen LogP contribution in [0.15, 0.2) is 36.4 Å². The van der Waals surface area contributed by atoms with Gasteiger partial charge in [0.15, 0.2) is 0 Å². The fraction of sp³-hybridized carbons (Fsp3) is 0.125. The number of nitrogens with one attached hydrogen (secondary N) is 1. The van der Waals surface area contributed by atoms with Gasteiger partial charge in [0.2, 0.25) is 0 Å². The molecule has 2 aromatic carbocycles. The standard InChI is InChI=1S/C16H15NO4/c1-9-6-7-13(12(8-9)16(20)21)17-15(19)11-4-3-5-14(18)10(11)2/h3-8,18H,1-2H3,(H,17,19)(H,20,21). The highest BCUT2D eigenvalue weighted by molar-refractivity contribution is 6.08. The van der Waals surface area contributed by atoms with Crippen molar-refractivity contribution in [3.05, 3.63) is 58.7 Å². The topological polar surface area (TPSA) is 86.6 Å². The minimum Gasteiger partial charge on any atom is -0.508 e. The Morgan fingerprint density at radius 1 is 1.05 bits per heavy atom. The second-order valence-corrected chi connectivity index (χ2v) is 4.76. The number of rotatable bonds is 3. The van der Waals surface area contributed by atoms with Gasteiger partial charge in [-0.1, -0.05) is 17.7 Å². The van der Waals surface area contributed by atoms with Crippen LogP contribution < -0.4 is 5.32 Å². The Kier molecular flexibility index (Phi) is 3.93. The lowest BCUT2D eigenvalue weighted by molar-refractivity contribution is 0.0698. The first kappa shape index (κ1) is 14.6. The minimum atomic E-state index is -1.11. The summed E-state index contributed by atoms with van der Waals surface area (Å²) in [6, 6.07) is 9.38. The summed E-state index contributed by atoms with van der Waals surface area (Å²) in [6.45, 7) is 3.40. The molecule has 3 N–H and O–H groups in total. The number of carbonyl (C=O) groups excluding carboxylic acids is 1. The van der Waals surface area contributed by atoms with Crippen molar-refractivity contribution in [3.8, 4) is 5.75 Å². The van der Waals surface area contributed by atoms with E-state index in [0.717, 1.165) is 5.56 Å². The number of phenolic OH excluding ortho intramolecular Hbond substituents is 1. The van der Waals surface area contributed by atoms with Gasteiger partial charge in [0.05, 0.1) is 11.3 Å². The predicted octanol–water partition coefficient (Wildman–Crippen LogP) is 2.96. The van der Waals surface area contributed by atoms with Crippen LogP contribution in [0.25, 0.3) is 0 Å². The van der Waals surface area contributed by atoms with Gasteiger partial charge >= 0.3 is 5.97 Å². The molecule has 0 unspecified atom stereocenters. The molecular weight excluding hydrogens is 270 g/mol. The molecule has 0 saturated carbocycles. The lowest BCUT2D eigenvalue weighted by Gasteiger charge is -2.11. The molecule has 2 rings (SSSR count). The first-order valence-corrected chi connectivity index (χ1v) is 6.34. The second-order valence-electron chi connectivity index (χ2n) is 4.76. The van der Waals surface area contributed by atoms with Crippen LogP contribution in [0.4, 0.5) is 5.69 Å². The number of phenols is 1. The van der Waals surface area contributed by atoms with Gasteiger partial charge < -0.3 is 15.5 Å². The van der Waals surface area contributed by atoms with E-state index in [2.05, 4.69) is 5.32 Å². The summed E-state index contributed by atoms with van der Waals surface area (Å²) in [7, 11) is 0. The molecule has 0 aliphatic rings. The molecule has 5 nitrogen and oxygen atoms in total. The molecule has 0 radical (unpaired) electrons. The van der Waals surface area contributed by atoms with Crippen LogP contribution in [0.2, 0.25) is 0 Å². The molecule has 0 aliphatic heterocycles. The van der Waals surface area contributed by atoms with Gasteiger partial charge in [-0.2, -0.15) is 0 Å². The predicted molar refractivity (Wildman–Crippen MR) is 78.9 cm³/mol. The summed E-state index contributed by atoms with van der Waals surface area (Å²) < 4.78 is 0. The van der Waals surface area contributed by atoms with Crippen molar-refractivity contribution in [2.75, 3.05) is 5.32 Å². The minimum absolute atomic E-state index is 0.0185. The summed E-state index contributed by atoms with van der Waals surface area (Å²) in [6.07, 6.45) is 0. The van der Waals surface area contributed by atoms with Crippen molar-refractivity contribution in [3.63, 3.8) is 0 Å². The third-order valence-electron chi connectivity index (χ3n) is 3.20. The van der Waals surface area contributed by atoms with Crippen molar-refractivity contribution in [2.45, 2.75) is 13.8 Å². The molecule has 0 aliphatic carbocycles. The van der Waals surface area contributed by atoms with E-state index in [1.165, 1.54) is 12.1 Å². The van der Waals surface area contributed by atoms with E-state index in [9.17, 15) is 19.8 Å². The lowest BCUT2D eigenvalue weighted by Crippen LogP contribution is -2.16. The summed E-state index contributed by atoms with van der Waals surface area (Å²) in [5.74, 6) is -1.55. The zero-order chi connectivity index (χ0) is 15.6. The van der Waals surface area contributed by atoms with Crippen LogP contribution in [0.1, 0.15) is 31.8 Å². The van der Waals surface area contributed by atoms with Crippen molar-refractivity contribution < 1.29 is 19.8 Å². The molecule has 0 spiro atoms. The monoisotopic (exact) mass is 285 g/mol. The number of hydrogen-bond donors (Lipinski definition) is 3. The van der Waals surface area contributed by atoms with Gasteiger partial charge in [0.1, 0.15) is 5.75 Å². The smallest absolute Gasteiger partial charge is 0.337 e. The molecule has 1 amide bonds. The number of benzene rings is 2. The molecule has 0 bridgehead atoms. The van der Waals surface area contributed by atoms with Crippen LogP contribution in [0.5, 0.6) is 5.75 Å². The Morgan fingerprint density at radius 3 is 2.43 bits per heavy atom. The third-order valence-corrected chi connectivity index (χ3v) is 3.20. The third kappa shape index (κ3) is 3.02. The molecule has 0 atom stereocenters. The molecule has 0 aromatic heterocycles. The number of aryl methyl sites for hydroxylation is 1.